The highest BCUT2D eigenvalue weighted by Gasteiger charge is 2.27. The molecule has 0 spiro atoms. The first kappa shape index (κ1) is 19.6. The number of rotatable bonds is 4. The predicted octanol–water partition coefficient (Wildman–Crippen LogP) is 3.40. The molecule has 166 valence electrons. The maximum absolute atomic E-state index is 12.9. The number of morpholine rings is 1. The van der Waals surface area contributed by atoms with Crippen LogP contribution in [-0.4, -0.2) is 53.1 Å². The minimum Gasteiger partial charge on any atom is -0.378 e. The molecular weight excluding hydrogens is 418 g/mol. The number of nitrogens with zero attached hydrogens (tertiary/aromatic N) is 5. The standard InChI is InChI=1S/C24H23N7O2/c32-22-15-26-19-3-1-2-4-20(19)31(22)21-16-30-10-9-25-24(30)23(28-21)27-17-5-7-18(8-6-17)29-11-13-33-14-12-29/h1-10,16,26H,11-15H2,(H,27,28). The van der Waals surface area contributed by atoms with E-state index in [9.17, 15) is 4.79 Å². The van der Waals surface area contributed by atoms with E-state index in [1.165, 1.54) is 5.69 Å². The third-order valence-electron chi connectivity index (χ3n) is 5.92. The van der Waals surface area contributed by atoms with Crippen LogP contribution < -0.4 is 20.4 Å². The van der Waals surface area contributed by atoms with Crippen molar-refractivity contribution in [3.63, 3.8) is 0 Å². The van der Waals surface area contributed by atoms with Gasteiger partial charge >= 0.3 is 0 Å². The van der Waals surface area contributed by atoms with Gasteiger partial charge in [0.15, 0.2) is 17.3 Å². The summed E-state index contributed by atoms with van der Waals surface area (Å²) in [6.07, 6.45) is 5.40. The average molecular weight is 441 g/mol. The summed E-state index contributed by atoms with van der Waals surface area (Å²) in [6.45, 7) is 3.51. The lowest BCUT2D eigenvalue weighted by molar-refractivity contribution is -0.116. The average Bonchev–Trinajstić information content (AvgIpc) is 3.34. The summed E-state index contributed by atoms with van der Waals surface area (Å²) in [6, 6.07) is 16.0. The third-order valence-corrected chi connectivity index (χ3v) is 5.92. The Balaban J connectivity index is 1.35. The molecule has 2 aliphatic rings. The van der Waals surface area contributed by atoms with Crippen LogP contribution in [0, 0.1) is 0 Å². The molecule has 33 heavy (non-hydrogen) atoms. The molecule has 0 atom stereocenters. The van der Waals surface area contributed by atoms with Gasteiger partial charge in [-0.1, -0.05) is 12.1 Å². The van der Waals surface area contributed by atoms with Crippen LogP contribution in [0.15, 0.2) is 67.1 Å². The number of ether oxygens (including phenoxy) is 1. The Bertz CT molecular complexity index is 1310. The fraction of sp³-hybridized carbons (Fsp3) is 0.208. The number of hydrogen-bond donors (Lipinski definition) is 2. The summed E-state index contributed by atoms with van der Waals surface area (Å²) < 4.78 is 7.32. The molecule has 0 saturated carbocycles. The lowest BCUT2D eigenvalue weighted by atomic mass is 10.2. The zero-order valence-electron chi connectivity index (χ0n) is 17.9. The van der Waals surface area contributed by atoms with Crippen LogP contribution >= 0.6 is 0 Å². The summed E-state index contributed by atoms with van der Waals surface area (Å²) in [5.41, 5.74) is 4.43. The Morgan fingerprint density at radius 3 is 2.70 bits per heavy atom. The molecule has 2 aromatic carbocycles. The van der Waals surface area contributed by atoms with E-state index in [2.05, 4.69) is 32.7 Å². The van der Waals surface area contributed by atoms with E-state index in [1.54, 1.807) is 11.1 Å². The Labute approximate surface area is 190 Å². The summed E-state index contributed by atoms with van der Waals surface area (Å²) >= 11 is 0. The zero-order valence-corrected chi connectivity index (χ0v) is 17.9. The second-order valence-corrected chi connectivity index (χ2v) is 7.98. The predicted molar refractivity (Wildman–Crippen MR) is 128 cm³/mol. The summed E-state index contributed by atoms with van der Waals surface area (Å²) in [5, 5.41) is 6.56. The van der Waals surface area contributed by atoms with E-state index in [1.807, 2.05) is 53.2 Å². The van der Waals surface area contributed by atoms with E-state index in [-0.39, 0.29) is 12.5 Å². The number of carbonyl (C=O) groups is 1. The second kappa shape index (κ2) is 8.10. The maximum atomic E-state index is 12.9. The van der Waals surface area contributed by atoms with E-state index in [0.717, 1.165) is 43.4 Å². The van der Waals surface area contributed by atoms with Crippen molar-refractivity contribution in [3.05, 3.63) is 67.1 Å². The molecule has 4 aromatic rings. The van der Waals surface area contributed by atoms with Crippen LogP contribution in [0.25, 0.3) is 5.65 Å². The first-order valence-corrected chi connectivity index (χ1v) is 11.0. The number of benzene rings is 2. The van der Waals surface area contributed by atoms with E-state index < -0.39 is 0 Å². The summed E-state index contributed by atoms with van der Waals surface area (Å²) in [5.74, 6) is 1.05. The molecule has 0 aliphatic carbocycles. The van der Waals surface area contributed by atoms with Crippen LogP contribution in [0.3, 0.4) is 0 Å². The smallest absolute Gasteiger partial charge is 0.252 e. The number of nitrogens with one attached hydrogen (secondary N) is 2. The fourth-order valence-corrected chi connectivity index (χ4v) is 4.28. The molecule has 4 heterocycles. The zero-order chi connectivity index (χ0) is 22.2. The molecule has 0 radical (unpaired) electrons. The van der Waals surface area contributed by atoms with Crippen molar-refractivity contribution >= 4 is 45.9 Å². The quantitative estimate of drug-likeness (QED) is 0.502. The summed E-state index contributed by atoms with van der Waals surface area (Å²) in [4.78, 5) is 26.1. The number of aromatic nitrogens is 3. The van der Waals surface area contributed by atoms with Crippen molar-refractivity contribution in [2.24, 2.45) is 0 Å². The van der Waals surface area contributed by atoms with Gasteiger partial charge in [-0.05, 0) is 36.4 Å². The number of fused-ring (bicyclic) bond motifs is 2. The summed E-state index contributed by atoms with van der Waals surface area (Å²) in [7, 11) is 0. The van der Waals surface area contributed by atoms with E-state index >= 15 is 0 Å². The van der Waals surface area contributed by atoms with Gasteiger partial charge < -0.3 is 24.7 Å². The molecular formula is C24H23N7O2. The minimum absolute atomic E-state index is 0.0681. The third kappa shape index (κ3) is 3.62. The normalized spacial score (nSPS) is 15.9. The largest absolute Gasteiger partial charge is 0.378 e. The number of hydrogen-bond acceptors (Lipinski definition) is 7. The van der Waals surface area contributed by atoms with Crippen LogP contribution in [0.5, 0.6) is 0 Å². The molecule has 2 N–H and O–H groups in total. The first-order valence-electron chi connectivity index (χ1n) is 11.0. The van der Waals surface area contributed by atoms with Gasteiger partial charge in [0.05, 0.1) is 37.3 Å². The number of para-hydroxylation sites is 2. The minimum atomic E-state index is -0.0681. The van der Waals surface area contributed by atoms with Gasteiger partial charge in [0.25, 0.3) is 5.91 Å². The SMILES string of the molecule is O=C1CNc2ccccc2N1c1cn2ccnc2c(Nc2ccc(N3CCOCC3)cc2)n1. The molecule has 1 fully saturated rings. The monoisotopic (exact) mass is 441 g/mol. The number of imidazole rings is 1. The lowest BCUT2D eigenvalue weighted by Crippen LogP contribution is -2.37. The van der Waals surface area contributed by atoms with Gasteiger partial charge in [0.2, 0.25) is 0 Å². The van der Waals surface area contributed by atoms with Gasteiger partial charge in [-0.15, -0.1) is 0 Å². The van der Waals surface area contributed by atoms with E-state index in [0.29, 0.717) is 17.3 Å². The van der Waals surface area contributed by atoms with Gasteiger partial charge in [0, 0.05) is 36.9 Å². The Kier molecular flexibility index (Phi) is 4.80. The maximum Gasteiger partial charge on any atom is 0.252 e. The molecule has 2 aromatic heterocycles. The van der Waals surface area contributed by atoms with Crippen molar-refractivity contribution in [1.29, 1.82) is 0 Å². The van der Waals surface area contributed by atoms with Gasteiger partial charge in [0.1, 0.15) is 0 Å². The molecule has 0 bridgehead atoms. The Hall–Kier alpha value is -4.11. The Morgan fingerprint density at radius 1 is 1.03 bits per heavy atom. The highest BCUT2D eigenvalue weighted by molar-refractivity contribution is 6.07. The van der Waals surface area contributed by atoms with Crippen LogP contribution in [0.4, 0.5) is 34.4 Å². The van der Waals surface area contributed by atoms with Gasteiger partial charge in [-0.25, -0.2) is 9.97 Å². The van der Waals surface area contributed by atoms with Crippen LogP contribution in [0.2, 0.25) is 0 Å². The topological polar surface area (TPSA) is 87.0 Å². The van der Waals surface area contributed by atoms with E-state index in [4.69, 9.17) is 9.72 Å². The van der Waals surface area contributed by atoms with Gasteiger partial charge in [-0.2, -0.15) is 0 Å². The molecule has 9 nitrogen and oxygen atoms in total. The molecule has 9 heteroatoms. The van der Waals surface area contributed by atoms with Crippen LogP contribution in [-0.2, 0) is 9.53 Å². The lowest BCUT2D eigenvalue weighted by Gasteiger charge is -2.29. The highest BCUT2D eigenvalue weighted by atomic mass is 16.5. The first-order chi connectivity index (χ1) is 16.3. The Morgan fingerprint density at radius 2 is 1.85 bits per heavy atom. The highest BCUT2D eigenvalue weighted by Crippen LogP contribution is 2.35. The van der Waals surface area contributed by atoms with Crippen molar-refractivity contribution < 1.29 is 9.53 Å². The molecule has 6 rings (SSSR count). The van der Waals surface area contributed by atoms with Crippen LogP contribution in [0.1, 0.15) is 0 Å². The van der Waals surface area contributed by atoms with Crippen molar-refractivity contribution in [3.8, 4) is 0 Å². The van der Waals surface area contributed by atoms with Crippen molar-refractivity contribution in [2.45, 2.75) is 0 Å². The second-order valence-electron chi connectivity index (χ2n) is 7.98. The fourth-order valence-electron chi connectivity index (χ4n) is 4.28. The molecule has 0 unspecified atom stereocenters. The molecule has 1 amide bonds. The number of amides is 1. The molecule has 2 aliphatic heterocycles. The van der Waals surface area contributed by atoms with Crippen molar-refractivity contribution in [2.75, 3.05) is 53.3 Å². The van der Waals surface area contributed by atoms with Gasteiger partial charge in [-0.3, -0.25) is 9.69 Å². The molecule has 1 saturated heterocycles. The van der Waals surface area contributed by atoms with Crippen molar-refractivity contribution in [1.82, 2.24) is 14.4 Å². The number of anilines is 6. The number of carbonyl (C=O) groups excluding carboxylic acids is 1.